The van der Waals surface area contributed by atoms with Gasteiger partial charge in [0.15, 0.2) is 0 Å². The summed E-state index contributed by atoms with van der Waals surface area (Å²) in [6, 6.07) is 10.8. The van der Waals surface area contributed by atoms with Crippen LogP contribution in [-0.2, 0) is 13.6 Å². The monoisotopic (exact) mass is 336 g/mol. The number of likely N-dealkylation sites (tertiary alicyclic amines) is 1. The smallest absolute Gasteiger partial charge is 0.212 e. The summed E-state index contributed by atoms with van der Waals surface area (Å²) in [4.78, 5) is 11.2. The van der Waals surface area contributed by atoms with E-state index in [4.69, 9.17) is 4.74 Å². The Hall–Kier alpha value is -2.40. The molecule has 1 fully saturated rings. The first-order chi connectivity index (χ1) is 12.2. The maximum absolute atomic E-state index is 5.12. The molecule has 1 aliphatic heterocycles. The SMILES string of the molecule is COc1ccc(CN2CCC(c3ccc4ncn(C)c4c3)CC2)cn1. The number of pyridine rings is 1. The van der Waals surface area contributed by atoms with Crippen molar-refractivity contribution in [3.05, 3.63) is 54.0 Å². The second-order valence-electron chi connectivity index (χ2n) is 6.86. The van der Waals surface area contributed by atoms with Crippen molar-refractivity contribution >= 4 is 11.0 Å². The van der Waals surface area contributed by atoms with Crippen LogP contribution in [0, 0.1) is 0 Å². The Bertz CT molecular complexity index is 848. The lowest BCUT2D eigenvalue weighted by Gasteiger charge is -2.32. The summed E-state index contributed by atoms with van der Waals surface area (Å²) in [6.07, 6.45) is 6.21. The highest BCUT2D eigenvalue weighted by molar-refractivity contribution is 5.76. The number of piperidine rings is 1. The van der Waals surface area contributed by atoms with Gasteiger partial charge < -0.3 is 9.30 Å². The minimum Gasteiger partial charge on any atom is -0.481 e. The molecule has 1 aliphatic rings. The number of benzene rings is 1. The molecule has 0 bridgehead atoms. The molecule has 2 aromatic heterocycles. The van der Waals surface area contributed by atoms with Gasteiger partial charge >= 0.3 is 0 Å². The zero-order valence-electron chi connectivity index (χ0n) is 14.9. The fraction of sp³-hybridized carbons (Fsp3) is 0.400. The molecule has 1 saturated heterocycles. The number of aryl methyl sites for hydroxylation is 1. The van der Waals surface area contributed by atoms with Gasteiger partial charge in [0.25, 0.3) is 0 Å². The van der Waals surface area contributed by atoms with E-state index in [9.17, 15) is 0 Å². The van der Waals surface area contributed by atoms with E-state index in [1.54, 1.807) is 7.11 Å². The topological polar surface area (TPSA) is 43.2 Å². The lowest BCUT2D eigenvalue weighted by Crippen LogP contribution is -2.32. The Morgan fingerprint density at radius 3 is 2.68 bits per heavy atom. The van der Waals surface area contributed by atoms with Crippen LogP contribution in [0.2, 0.25) is 0 Å². The largest absolute Gasteiger partial charge is 0.481 e. The van der Waals surface area contributed by atoms with Gasteiger partial charge in [0.1, 0.15) is 0 Å². The van der Waals surface area contributed by atoms with Crippen LogP contribution in [-0.4, -0.2) is 39.6 Å². The number of imidazole rings is 1. The van der Waals surface area contributed by atoms with Crippen LogP contribution in [0.5, 0.6) is 5.88 Å². The molecule has 0 unspecified atom stereocenters. The summed E-state index contributed by atoms with van der Waals surface area (Å²) in [5.41, 5.74) is 5.00. The fourth-order valence-corrected chi connectivity index (χ4v) is 3.70. The second-order valence-corrected chi connectivity index (χ2v) is 6.86. The normalized spacial score (nSPS) is 16.4. The van der Waals surface area contributed by atoms with Gasteiger partial charge in [0.05, 0.1) is 24.5 Å². The molecular formula is C20H24N4O. The second kappa shape index (κ2) is 6.84. The number of aromatic nitrogens is 3. The van der Waals surface area contributed by atoms with E-state index >= 15 is 0 Å². The molecule has 130 valence electrons. The minimum absolute atomic E-state index is 0.643. The molecule has 4 rings (SSSR count). The standard InChI is InChI=1S/C20H24N4O/c1-23-14-22-18-5-4-17(11-19(18)23)16-7-9-24(10-8-16)13-15-3-6-20(25-2)21-12-15/h3-6,11-12,14,16H,7-10,13H2,1-2H3. The van der Waals surface area contributed by atoms with Crippen LogP contribution >= 0.6 is 0 Å². The third-order valence-electron chi connectivity index (χ3n) is 5.22. The van der Waals surface area contributed by atoms with Crippen LogP contribution < -0.4 is 4.74 Å². The van der Waals surface area contributed by atoms with E-state index in [0.717, 1.165) is 25.2 Å². The zero-order chi connectivity index (χ0) is 17.2. The first-order valence-electron chi connectivity index (χ1n) is 8.85. The van der Waals surface area contributed by atoms with Crippen molar-refractivity contribution in [1.29, 1.82) is 0 Å². The average Bonchev–Trinajstić information content (AvgIpc) is 3.03. The summed E-state index contributed by atoms with van der Waals surface area (Å²) in [5.74, 6) is 1.32. The van der Waals surface area contributed by atoms with E-state index in [2.05, 4.69) is 50.7 Å². The Morgan fingerprint density at radius 2 is 1.96 bits per heavy atom. The molecule has 3 aromatic rings. The van der Waals surface area contributed by atoms with E-state index in [0.29, 0.717) is 11.8 Å². The van der Waals surface area contributed by atoms with E-state index < -0.39 is 0 Å². The van der Waals surface area contributed by atoms with Crippen LogP contribution in [0.3, 0.4) is 0 Å². The summed E-state index contributed by atoms with van der Waals surface area (Å²) in [6.45, 7) is 3.21. The van der Waals surface area contributed by atoms with Crippen LogP contribution in [0.4, 0.5) is 0 Å². The first kappa shape index (κ1) is 16.1. The van der Waals surface area contributed by atoms with Crippen molar-refractivity contribution in [2.75, 3.05) is 20.2 Å². The van der Waals surface area contributed by atoms with Gasteiger partial charge in [-0.2, -0.15) is 0 Å². The molecule has 1 aromatic carbocycles. The molecule has 0 spiro atoms. The predicted molar refractivity (Wildman–Crippen MR) is 98.8 cm³/mol. The number of rotatable bonds is 4. The van der Waals surface area contributed by atoms with E-state index in [-0.39, 0.29) is 0 Å². The van der Waals surface area contributed by atoms with Crippen molar-refractivity contribution in [3.8, 4) is 5.88 Å². The first-order valence-corrected chi connectivity index (χ1v) is 8.85. The highest BCUT2D eigenvalue weighted by Gasteiger charge is 2.21. The van der Waals surface area contributed by atoms with Gasteiger partial charge in [-0.3, -0.25) is 4.90 Å². The van der Waals surface area contributed by atoms with Crippen molar-refractivity contribution in [2.24, 2.45) is 7.05 Å². The van der Waals surface area contributed by atoms with Gasteiger partial charge in [0.2, 0.25) is 5.88 Å². The van der Waals surface area contributed by atoms with Crippen molar-refractivity contribution in [1.82, 2.24) is 19.4 Å². The maximum Gasteiger partial charge on any atom is 0.212 e. The third kappa shape index (κ3) is 3.37. The number of ether oxygens (including phenoxy) is 1. The molecule has 5 heteroatoms. The average molecular weight is 336 g/mol. The minimum atomic E-state index is 0.643. The molecule has 5 nitrogen and oxygen atoms in total. The van der Waals surface area contributed by atoms with Gasteiger partial charge in [-0.05, 0) is 55.1 Å². The molecule has 25 heavy (non-hydrogen) atoms. The molecule has 0 atom stereocenters. The van der Waals surface area contributed by atoms with Crippen LogP contribution in [0.25, 0.3) is 11.0 Å². The molecule has 0 saturated carbocycles. The van der Waals surface area contributed by atoms with Gasteiger partial charge in [-0.15, -0.1) is 0 Å². The summed E-state index contributed by atoms with van der Waals surface area (Å²) in [7, 11) is 3.71. The van der Waals surface area contributed by atoms with Crippen molar-refractivity contribution in [2.45, 2.75) is 25.3 Å². The number of nitrogens with zero attached hydrogens (tertiary/aromatic N) is 4. The van der Waals surface area contributed by atoms with Crippen molar-refractivity contribution in [3.63, 3.8) is 0 Å². The molecule has 3 heterocycles. The molecule has 0 N–H and O–H groups in total. The maximum atomic E-state index is 5.12. The van der Waals surface area contributed by atoms with Crippen molar-refractivity contribution < 1.29 is 4.74 Å². The Balaban J connectivity index is 1.39. The number of hydrogen-bond acceptors (Lipinski definition) is 4. The Labute approximate surface area is 148 Å². The highest BCUT2D eigenvalue weighted by Crippen LogP contribution is 2.30. The van der Waals surface area contributed by atoms with Crippen LogP contribution in [0.1, 0.15) is 29.9 Å². The third-order valence-corrected chi connectivity index (χ3v) is 5.22. The van der Waals surface area contributed by atoms with Crippen LogP contribution in [0.15, 0.2) is 42.9 Å². The molecule has 0 radical (unpaired) electrons. The summed E-state index contributed by atoms with van der Waals surface area (Å²) in [5, 5.41) is 0. The Morgan fingerprint density at radius 1 is 1.12 bits per heavy atom. The molecule has 0 aliphatic carbocycles. The molecule has 0 amide bonds. The fourth-order valence-electron chi connectivity index (χ4n) is 3.70. The molecular weight excluding hydrogens is 312 g/mol. The number of methoxy groups -OCH3 is 1. The quantitative estimate of drug-likeness (QED) is 0.733. The summed E-state index contributed by atoms with van der Waals surface area (Å²) < 4.78 is 7.23. The zero-order valence-corrected chi connectivity index (χ0v) is 14.9. The van der Waals surface area contributed by atoms with Gasteiger partial charge in [-0.1, -0.05) is 12.1 Å². The highest BCUT2D eigenvalue weighted by atomic mass is 16.5. The van der Waals surface area contributed by atoms with Gasteiger partial charge in [-0.25, -0.2) is 9.97 Å². The summed E-state index contributed by atoms with van der Waals surface area (Å²) >= 11 is 0. The van der Waals surface area contributed by atoms with Gasteiger partial charge in [0, 0.05) is 25.9 Å². The van der Waals surface area contributed by atoms with E-state index in [1.165, 1.54) is 29.5 Å². The lowest BCUT2D eigenvalue weighted by molar-refractivity contribution is 0.204. The van der Waals surface area contributed by atoms with E-state index in [1.807, 2.05) is 18.6 Å². The Kier molecular flexibility index (Phi) is 4.40. The number of fused-ring (bicyclic) bond motifs is 1. The predicted octanol–water partition coefficient (Wildman–Crippen LogP) is 3.36. The number of hydrogen-bond donors (Lipinski definition) is 0. The lowest BCUT2D eigenvalue weighted by atomic mass is 9.89.